The standard InChI is InChI=1S/C24H27F2N5O5/c25-18-6-3-7-19(26)23(18)36-17-11-22(34)31(27-12-17)20(10-15-4-1-2-5-15)24(35)28-21-8-9-30(29-21)13-16(33)14-32/h3,6-9,11-12,15-16,20,32-33H,1-2,4-5,10,13-14H2,(H,28,29,35)/t16-,20?/m0/s1. The monoisotopic (exact) mass is 503 g/mol. The third-order valence-corrected chi connectivity index (χ3v) is 6.07. The summed E-state index contributed by atoms with van der Waals surface area (Å²) in [6.45, 7) is -0.383. The Labute approximate surface area is 205 Å². The van der Waals surface area contributed by atoms with Gasteiger partial charge < -0.3 is 20.3 Å². The number of carbonyl (C=O) groups excluding carboxylic acids is 1. The Morgan fingerprint density at radius 1 is 1.22 bits per heavy atom. The Hall–Kier alpha value is -3.64. The summed E-state index contributed by atoms with van der Waals surface area (Å²) in [6.07, 6.45) is 6.00. The Kier molecular flexibility index (Phi) is 8.06. The van der Waals surface area contributed by atoms with Gasteiger partial charge in [-0.05, 0) is 24.5 Å². The minimum atomic E-state index is -0.995. The number of aliphatic hydroxyl groups is 2. The molecule has 0 radical (unpaired) electrons. The van der Waals surface area contributed by atoms with Gasteiger partial charge in [0.15, 0.2) is 29.0 Å². The second-order valence-electron chi connectivity index (χ2n) is 8.78. The van der Waals surface area contributed by atoms with Gasteiger partial charge in [-0.2, -0.15) is 10.2 Å². The Balaban J connectivity index is 1.55. The summed E-state index contributed by atoms with van der Waals surface area (Å²) in [4.78, 5) is 26.1. The van der Waals surface area contributed by atoms with Crippen molar-refractivity contribution >= 4 is 11.7 Å². The molecule has 1 aromatic carbocycles. The van der Waals surface area contributed by atoms with Crippen molar-refractivity contribution < 1.29 is 28.5 Å². The van der Waals surface area contributed by atoms with Gasteiger partial charge in [-0.25, -0.2) is 13.5 Å². The number of aromatic nitrogens is 4. The lowest BCUT2D eigenvalue weighted by molar-refractivity contribution is -0.120. The van der Waals surface area contributed by atoms with E-state index in [1.54, 1.807) is 6.20 Å². The number of para-hydroxylation sites is 1. The average Bonchev–Trinajstić information content (AvgIpc) is 3.52. The zero-order valence-electron chi connectivity index (χ0n) is 19.4. The number of anilines is 1. The van der Waals surface area contributed by atoms with Crippen molar-refractivity contribution in [3.8, 4) is 11.5 Å². The van der Waals surface area contributed by atoms with E-state index in [0.29, 0.717) is 6.42 Å². The molecule has 12 heteroatoms. The number of rotatable bonds is 10. The quantitative estimate of drug-likeness (QED) is 0.388. The molecule has 2 aromatic heterocycles. The van der Waals surface area contributed by atoms with Crippen LogP contribution < -0.4 is 15.6 Å². The highest BCUT2D eigenvalue weighted by Crippen LogP contribution is 2.32. The van der Waals surface area contributed by atoms with Crippen LogP contribution in [0.5, 0.6) is 11.5 Å². The number of nitrogens with zero attached hydrogens (tertiary/aromatic N) is 4. The molecule has 0 spiro atoms. The fourth-order valence-corrected chi connectivity index (χ4v) is 4.28. The fourth-order valence-electron chi connectivity index (χ4n) is 4.28. The molecule has 0 saturated heterocycles. The van der Waals surface area contributed by atoms with Crippen LogP contribution in [0.2, 0.25) is 0 Å². The van der Waals surface area contributed by atoms with E-state index in [-0.39, 0.29) is 24.0 Å². The summed E-state index contributed by atoms with van der Waals surface area (Å²) >= 11 is 0. The van der Waals surface area contributed by atoms with E-state index in [2.05, 4.69) is 15.5 Å². The fraction of sp³-hybridized carbons (Fsp3) is 0.417. The first-order chi connectivity index (χ1) is 17.3. The Bertz CT molecular complexity index is 1240. The van der Waals surface area contributed by atoms with Crippen LogP contribution in [0.15, 0.2) is 47.5 Å². The molecule has 1 fully saturated rings. The molecule has 0 aliphatic heterocycles. The molecule has 2 atom stereocenters. The smallest absolute Gasteiger partial charge is 0.271 e. The molecule has 1 amide bonds. The van der Waals surface area contributed by atoms with Gasteiger partial charge in [0, 0.05) is 18.3 Å². The van der Waals surface area contributed by atoms with Gasteiger partial charge >= 0.3 is 0 Å². The summed E-state index contributed by atoms with van der Waals surface area (Å²) < 4.78 is 35.5. The Morgan fingerprint density at radius 2 is 1.94 bits per heavy atom. The first-order valence-electron chi connectivity index (χ1n) is 11.7. The summed E-state index contributed by atoms with van der Waals surface area (Å²) in [5.41, 5.74) is -0.668. The van der Waals surface area contributed by atoms with E-state index in [9.17, 15) is 23.5 Å². The molecule has 1 unspecified atom stereocenters. The van der Waals surface area contributed by atoms with Gasteiger partial charge in [0.05, 0.1) is 25.5 Å². The number of hydrogen-bond donors (Lipinski definition) is 3. The molecule has 3 aromatic rings. The first kappa shape index (κ1) is 25.5. The Morgan fingerprint density at radius 3 is 2.61 bits per heavy atom. The molecule has 1 aliphatic carbocycles. The molecule has 1 saturated carbocycles. The lowest BCUT2D eigenvalue weighted by Gasteiger charge is -2.21. The van der Waals surface area contributed by atoms with Crippen LogP contribution in [0, 0.1) is 17.6 Å². The van der Waals surface area contributed by atoms with Crippen LogP contribution in [0.25, 0.3) is 0 Å². The predicted molar refractivity (Wildman–Crippen MR) is 124 cm³/mol. The lowest BCUT2D eigenvalue weighted by Crippen LogP contribution is -2.36. The van der Waals surface area contributed by atoms with Crippen molar-refractivity contribution in [1.29, 1.82) is 0 Å². The third-order valence-electron chi connectivity index (χ3n) is 6.07. The molecule has 192 valence electrons. The van der Waals surface area contributed by atoms with Gasteiger partial charge in [0.25, 0.3) is 11.5 Å². The van der Waals surface area contributed by atoms with Crippen molar-refractivity contribution in [3.63, 3.8) is 0 Å². The molecular formula is C24H27F2N5O5. The third kappa shape index (κ3) is 6.13. The molecule has 2 heterocycles. The maximum absolute atomic E-state index is 13.9. The number of benzene rings is 1. The molecule has 3 N–H and O–H groups in total. The van der Waals surface area contributed by atoms with Crippen molar-refractivity contribution in [2.24, 2.45) is 5.92 Å². The highest BCUT2D eigenvalue weighted by molar-refractivity contribution is 5.92. The maximum Gasteiger partial charge on any atom is 0.271 e. The number of aliphatic hydroxyl groups excluding tert-OH is 2. The molecular weight excluding hydrogens is 476 g/mol. The van der Waals surface area contributed by atoms with Gasteiger partial charge in [-0.1, -0.05) is 31.7 Å². The van der Waals surface area contributed by atoms with Gasteiger partial charge in [0.2, 0.25) is 0 Å². The number of nitrogens with one attached hydrogen (secondary N) is 1. The number of hydrogen-bond acceptors (Lipinski definition) is 7. The zero-order valence-corrected chi connectivity index (χ0v) is 19.4. The zero-order chi connectivity index (χ0) is 25.7. The van der Waals surface area contributed by atoms with Crippen LogP contribution in [-0.2, 0) is 11.3 Å². The minimum Gasteiger partial charge on any atom is -0.449 e. The first-order valence-corrected chi connectivity index (χ1v) is 11.7. The summed E-state index contributed by atoms with van der Waals surface area (Å²) in [5, 5.41) is 29.5. The normalized spacial score (nSPS) is 15.6. The number of ether oxygens (including phenoxy) is 1. The highest BCUT2D eigenvalue weighted by Gasteiger charge is 2.29. The number of carbonyl (C=O) groups is 1. The molecule has 36 heavy (non-hydrogen) atoms. The number of halogens is 2. The van der Waals surface area contributed by atoms with E-state index in [4.69, 9.17) is 9.84 Å². The maximum atomic E-state index is 13.9. The second kappa shape index (κ2) is 11.4. The molecule has 4 rings (SSSR count). The molecule has 10 nitrogen and oxygen atoms in total. The van der Waals surface area contributed by atoms with Gasteiger partial charge in [-0.15, -0.1) is 0 Å². The highest BCUT2D eigenvalue weighted by atomic mass is 19.1. The van der Waals surface area contributed by atoms with Crippen molar-refractivity contribution in [1.82, 2.24) is 19.6 Å². The van der Waals surface area contributed by atoms with E-state index >= 15 is 0 Å². The predicted octanol–water partition coefficient (Wildman–Crippen LogP) is 2.62. The molecule has 1 aliphatic rings. The topological polar surface area (TPSA) is 132 Å². The summed E-state index contributed by atoms with van der Waals surface area (Å²) in [6, 6.07) is 4.86. The van der Waals surface area contributed by atoms with E-state index in [1.165, 1.54) is 16.8 Å². The van der Waals surface area contributed by atoms with Gasteiger partial charge in [0.1, 0.15) is 6.04 Å². The van der Waals surface area contributed by atoms with Crippen LogP contribution in [0.1, 0.15) is 38.1 Å². The van der Waals surface area contributed by atoms with Crippen molar-refractivity contribution in [2.75, 3.05) is 11.9 Å². The summed E-state index contributed by atoms with van der Waals surface area (Å²) in [7, 11) is 0. The minimum absolute atomic E-state index is 0.0446. The van der Waals surface area contributed by atoms with Crippen LogP contribution in [-0.4, -0.2) is 48.4 Å². The average molecular weight is 504 g/mol. The SMILES string of the molecule is O=C(Nc1ccn(C[C@H](O)CO)n1)C(CC1CCCC1)n1ncc(Oc2c(F)cccc2F)cc1=O. The molecule has 0 bridgehead atoms. The van der Waals surface area contributed by atoms with Crippen LogP contribution >= 0.6 is 0 Å². The summed E-state index contributed by atoms with van der Waals surface area (Å²) in [5.74, 6) is -2.73. The van der Waals surface area contributed by atoms with E-state index < -0.39 is 47.6 Å². The van der Waals surface area contributed by atoms with E-state index in [0.717, 1.165) is 54.8 Å². The van der Waals surface area contributed by atoms with Crippen LogP contribution in [0.3, 0.4) is 0 Å². The lowest BCUT2D eigenvalue weighted by atomic mass is 9.98. The van der Waals surface area contributed by atoms with Crippen molar-refractivity contribution in [2.45, 2.75) is 50.8 Å². The van der Waals surface area contributed by atoms with Crippen molar-refractivity contribution in [3.05, 3.63) is 64.7 Å². The number of amides is 1. The van der Waals surface area contributed by atoms with Gasteiger partial charge in [-0.3, -0.25) is 14.3 Å². The van der Waals surface area contributed by atoms with Crippen LogP contribution in [0.4, 0.5) is 14.6 Å². The largest absolute Gasteiger partial charge is 0.449 e. The second-order valence-corrected chi connectivity index (χ2v) is 8.78. The van der Waals surface area contributed by atoms with E-state index in [1.807, 2.05) is 0 Å².